The lowest BCUT2D eigenvalue weighted by Crippen LogP contribution is -2.38. The fourth-order valence-corrected chi connectivity index (χ4v) is 2.69. The van der Waals surface area contributed by atoms with Crippen LogP contribution < -0.4 is 24.8 Å². The Bertz CT molecular complexity index is 945. The fraction of sp³-hybridized carbons (Fsp3) is 0.286. The first-order valence-electron chi connectivity index (χ1n) is 9.24. The maximum absolute atomic E-state index is 12.2. The Morgan fingerprint density at radius 3 is 2.67 bits per heavy atom. The zero-order valence-corrected chi connectivity index (χ0v) is 16.6. The first-order chi connectivity index (χ1) is 14.5. The van der Waals surface area contributed by atoms with Crippen molar-refractivity contribution in [2.45, 2.75) is 19.6 Å². The van der Waals surface area contributed by atoms with E-state index >= 15 is 0 Å². The summed E-state index contributed by atoms with van der Waals surface area (Å²) in [6.45, 7) is 1.50. The largest absolute Gasteiger partial charge is 0.497 e. The average Bonchev–Trinajstić information content (AvgIpc) is 3.23. The predicted molar refractivity (Wildman–Crippen MR) is 105 cm³/mol. The lowest BCUT2D eigenvalue weighted by atomic mass is 10.2. The van der Waals surface area contributed by atoms with Crippen LogP contribution in [0.15, 0.2) is 42.5 Å². The molecule has 0 radical (unpaired) electrons. The number of fused-ring (bicyclic) bond motifs is 1. The summed E-state index contributed by atoms with van der Waals surface area (Å²) in [6, 6.07) is 11.8. The summed E-state index contributed by atoms with van der Waals surface area (Å²) in [5, 5.41) is 5.13. The molecule has 2 N–H and O–H groups in total. The highest BCUT2D eigenvalue weighted by Crippen LogP contribution is 2.32. The van der Waals surface area contributed by atoms with Gasteiger partial charge in [0, 0.05) is 12.1 Å². The minimum atomic E-state index is -1.01. The van der Waals surface area contributed by atoms with Crippen molar-refractivity contribution in [1.29, 1.82) is 0 Å². The van der Waals surface area contributed by atoms with Gasteiger partial charge in [-0.15, -0.1) is 0 Å². The molecule has 1 aliphatic heterocycles. The minimum Gasteiger partial charge on any atom is -0.497 e. The van der Waals surface area contributed by atoms with Crippen LogP contribution in [0.4, 0.5) is 0 Å². The molecular formula is C21H22N2O7. The smallest absolute Gasteiger partial charge is 0.326 e. The predicted octanol–water partition coefficient (Wildman–Crippen LogP) is 1.40. The van der Waals surface area contributed by atoms with Crippen LogP contribution in [-0.2, 0) is 20.9 Å². The highest BCUT2D eigenvalue weighted by atomic mass is 16.7. The average molecular weight is 414 g/mol. The summed E-state index contributed by atoms with van der Waals surface area (Å²) in [6.07, 6.45) is -1.01. The van der Waals surface area contributed by atoms with Gasteiger partial charge in [0.25, 0.3) is 11.8 Å². The van der Waals surface area contributed by atoms with E-state index < -0.39 is 23.9 Å². The molecule has 0 aromatic heterocycles. The minimum absolute atomic E-state index is 0.173. The van der Waals surface area contributed by atoms with Crippen LogP contribution >= 0.6 is 0 Å². The Morgan fingerprint density at radius 2 is 1.87 bits per heavy atom. The van der Waals surface area contributed by atoms with E-state index in [2.05, 4.69) is 10.6 Å². The van der Waals surface area contributed by atoms with Crippen molar-refractivity contribution < 1.29 is 33.3 Å². The van der Waals surface area contributed by atoms with E-state index in [-0.39, 0.29) is 19.9 Å². The number of carbonyl (C=O) groups excluding carboxylic acids is 3. The molecule has 1 atom stereocenters. The summed E-state index contributed by atoms with van der Waals surface area (Å²) < 4.78 is 20.7. The molecule has 9 heteroatoms. The lowest BCUT2D eigenvalue weighted by molar-refractivity contribution is -0.153. The molecule has 0 fully saturated rings. The van der Waals surface area contributed by atoms with Crippen LogP contribution in [0.5, 0.6) is 17.2 Å². The van der Waals surface area contributed by atoms with Gasteiger partial charge in [0.05, 0.1) is 7.11 Å². The molecule has 0 saturated carbocycles. The maximum Gasteiger partial charge on any atom is 0.326 e. The summed E-state index contributed by atoms with van der Waals surface area (Å²) in [5.41, 5.74) is 1.16. The number of rotatable bonds is 8. The van der Waals surface area contributed by atoms with Gasteiger partial charge in [0.15, 0.2) is 17.6 Å². The molecule has 0 unspecified atom stereocenters. The van der Waals surface area contributed by atoms with Crippen LogP contribution in [0.2, 0.25) is 0 Å². The topological polar surface area (TPSA) is 112 Å². The SMILES string of the molecule is COc1cccc(C(=O)NCC(=O)O[C@@H](C)C(=O)NCc2ccc3c(c2)OCO3)c1. The molecule has 0 saturated heterocycles. The van der Waals surface area contributed by atoms with Crippen molar-refractivity contribution in [3.05, 3.63) is 53.6 Å². The number of carbonyl (C=O) groups is 3. The van der Waals surface area contributed by atoms with Gasteiger partial charge in [0.1, 0.15) is 12.3 Å². The van der Waals surface area contributed by atoms with Gasteiger partial charge in [-0.2, -0.15) is 0 Å². The number of esters is 1. The number of methoxy groups -OCH3 is 1. The van der Waals surface area contributed by atoms with Crippen LogP contribution in [0, 0.1) is 0 Å². The van der Waals surface area contributed by atoms with E-state index in [9.17, 15) is 14.4 Å². The number of nitrogens with one attached hydrogen (secondary N) is 2. The molecule has 0 aliphatic carbocycles. The van der Waals surface area contributed by atoms with Gasteiger partial charge < -0.3 is 29.6 Å². The molecule has 9 nitrogen and oxygen atoms in total. The molecule has 3 rings (SSSR count). The van der Waals surface area contributed by atoms with Crippen LogP contribution in [0.25, 0.3) is 0 Å². The standard InChI is InChI=1S/C21H22N2O7/c1-13(20(25)22-10-14-6-7-17-18(8-14)29-12-28-17)30-19(24)11-23-21(26)15-4-3-5-16(9-15)27-2/h3-9,13H,10-12H2,1-2H3,(H,22,25)(H,23,26)/t13-/m0/s1. The number of hydrogen-bond donors (Lipinski definition) is 2. The van der Waals surface area contributed by atoms with E-state index in [4.69, 9.17) is 18.9 Å². The molecule has 2 amide bonds. The van der Waals surface area contributed by atoms with E-state index in [1.165, 1.54) is 14.0 Å². The van der Waals surface area contributed by atoms with Crippen LogP contribution in [-0.4, -0.2) is 44.3 Å². The second-order valence-electron chi connectivity index (χ2n) is 6.45. The Labute approximate surface area is 173 Å². The lowest BCUT2D eigenvalue weighted by Gasteiger charge is -2.14. The Hall–Kier alpha value is -3.75. The highest BCUT2D eigenvalue weighted by Gasteiger charge is 2.19. The van der Waals surface area contributed by atoms with E-state index in [1.807, 2.05) is 0 Å². The second kappa shape index (κ2) is 9.64. The van der Waals surface area contributed by atoms with E-state index in [1.54, 1.807) is 42.5 Å². The van der Waals surface area contributed by atoms with Crippen molar-refractivity contribution in [1.82, 2.24) is 10.6 Å². The van der Waals surface area contributed by atoms with Crippen molar-refractivity contribution in [2.75, 3.05) is 20.4 Å². The van der Waals surface area contributed by atoms with Gasteiger partial charge in [0.2, 0.25) is 6.79 Å². The van der Waals surface area contributed by atoms with E-state index in [0.29, 0.717) is 22.8 Å². The summed E-state index contributed by atoms with van der Waals surface area (Å²) in [4.78, 5) is 36.2. The highest BCUT2D eigenvalue weighted by molar-refractivity contribution is 5.96. The first kappa shape index (κ1) is 21.0. The Kier molecular flexibility index (Phi) is 6.74. The van der Waals surface area contributed by atoms with Gasteiger partial charge >= 0.3 is 5.97 Å². The van der Waals surface area contributed by atoms with Crippen molar-refractivity contribution in [3.63, 3.8) is 0 Å². The maximum atomic E-state index is 12.2. The molecule has 1 heterocycles. The van der Waals surface area contributed by atoms with Gasteiger partial charge in [-0.3, -0.25) is 14.4 Å². The molecule has 158 valence electrons. The number of ether oxygens (including phenoxy) is 4. The van der Waals surface area contributed by atoms with Gasteiger partial charge in [-0.05, 0) is 42.8 Å². The third kappa shape index (κ3) is 5.40. The van der Waals surface area contributed by atoms with Crippen LogP contribution in [0.1, 0.15) is 22.8 Å². The van der Waals surface area contributed by atoms with Gasteiger partial charge in [-0.25, -0.2) is 0 Å². The zero-order chi connectivity index (χ0) is 21.5. The molecule has 1 aliphatic rings. The molecule has 2 aromatic carbocycles. The fourth-order valence-electron chi connectivity index (χ4n) is 2.69. The van der Waals surface area contributed by atoms with E-state index in [0.717, 1.165) is 5.56 Å². The molecule has 30 heavy (non-hydrogen) atoms. The van der Waals surface area contributed by atoms with Crippen LogP contribution in [0.3, 0.4) is 0 Å². The quantitative estimate of drug-likeness (QED) is 0.628. The molecule has 0 bridgehead atoms. The second-order valence-corrected chi connectivity index (χ2v) is 6.45. The van der Waals surface area contributed by atoms with Crippen molar-refractivity contribution in [3.8, 4) is 17.2 Å². The summed E-state index contributed by atoms with van der Waals surface area (Å²) in [5.74, 6) is 0.164. The summed E-state index contributed by atoms with van der Waals surface area (Å²) >= 11 is 0. The third-order valence-electron chi connectivity index (χ3n) is 4.31. The third-order valence-corrected chi connectivity index (χ3v) is 4.31. The monoisotopic (exact) mass is 414 g/mol. The Morgan fingerprint density at radius 1 is 1.07 bits per heavy atom. The first-order valence-corrected chi connectivity index (χ1v) is 9.24. The van der Waals surface area contributed by atoms with Crippen molar-refractivity contribution >= 4 is 17.8 Å². The molecule has 2 aromatic rings. The summed E-state index contributed by atoms with van der Waals surface area (Å²) in [7, 11) is 1.49. The Balaban J connectivity index is 1.42. The van der Waals surface area contributed by atoms with Gasteiger partial charge in [-0.1, -0.05) is 12.1 Å². The normalized spacial score (nSPS) is 12.6. The number of amides is 2. The number of hydrogen-bond acceptors (Lipinski definition) is 7. The zero-order valence-electron chi connectivity index (χ0n) is 16.6. The number of benzene rings is 2. The molecular weight excluding hydrogens is 392 g/mol. The molecule has 0 spiro atoms. The van der Waals surface area contributed by atoms with Crippen molar-refractivity contribution in [2.24, 2.45) is 0 Å².